The largest absolute Gasteiger partial charge is 0.496 e. The van der Waals surface area contributed by atoms with E-state index in [0.717, 1.165) is 11.1 Å². The molecule has 2 aromatic carbocycles. The second-order valence-corrected chi connectivity index (χ2v) is 7.02. The van der Waals surface area contributed by atoms with Crippen LogP contribution in [0.25, 0.3) is 0 Å². The summed E-state index contributed by atoms with van der Waals surface area (Å²) in [4.78, 5) is 17.3. The summed E-state index contributed by atoms with van der Waals surface area (Å²) < 4.78 is 18.2. The van der Waals surface area contributed by atoms with Gasteiger partial charge in [0.15, 0.2) is 11.5 Å². The number of carbonyl (C=O) groups is 1. The van der Waals surface area contributed by atoms with Gasteiger partial charge in [0, 0.05) is 25.0 Å². The van der Waals surface area contributed by atoms with Crippen LogP contribution in [0.2, 0.25) is 0 Å². The summed E-state index contributed by atoms with van der Waals surface area (Å²) in [6.07, 6.45) is 3.54. The number of nitrogens with one attached hydrogen (secondary N) is 2. The molecule has 4 rings (SSSR count). The molecule has 30 heavy (non-hydrogen) atoms. The molecule has 0 saturated heterocycles. The molecule has 8 nitrogen and oxygen atoms in total. The third kappa shape index (κ3) is 3.89. The van der Waals surface area contributed by atoms with E-state index in [0.29, 0.717) is 23.1 Å². The van der Waals surface area contributed by atoms with Crippen molar-refractivity contribution >= 4 is 6.03 Å². The maximum absolute atomic E-state index is 12.9. The fraction of sp³-hybridized carbons (Fsp3) is 0.273. The molecular formula is C22H24N4O4. The van der Waals surface area contributed by atoms with Gasteiger partial charge >= 0.3 is 6.03 Å². The SMILES string of the molecule is COc1ccccc1[C@@H](NC(=O)N[C@@H](C)c1ccc2c(c1)OCO2)c1nccn1C. The number of aromatic nitrogens is 2. The highest BCUT2D eigenvalue weighted by Crippen LogP contribution is 2.34. The molecule has 8 heteroatoms. The Kier molecular flexibility index (Phi) is 5.47. The standard InChI is InChI=1S/C22H24N4O4/c1-14(15-8-9-18-19(12-15)30-13-29-18)24-22(27)25-20(21-23-10-11-26(21)2)16-6-4-5-7-17(16)28-3/h4-12,14,20H,13H2,1-3H3,(H2,24,25,27)/t14-,20+/m0/s1. The Morgan fingerprint density at radius 3 is 2.73 bits per heavy atom. The molecule has 2 atom stereocenters. The van der Waals surface area contributed by atoms with Crippen LogP contribution in [0.1, 0.15) is 36.0 Å². The highest BCUT2D eigenvalue weighted by molar-refractivity contribution is 5.75. The van der Waals surface area contributed by atoms with E-state index in [9.17, 15) is 4.79 Å². The molecule has 0 saturated carbocycles. The predicted octanol–water partition coefficient (Wildman–Crippen LogP) is 3.31. The topological polar surface area (TPSA) is 86.6 Å². The normalized spacial score (nSPS) is 14.1. The molecular weight excluding hydrogens is 384 g/mol. The average Bonchev–Trinajstić information content (AvgIpc) is 3.40. The summed E-state index contributed by atoms with van der Waals surface area (Å²) in [5, 5.41) is 6.02. The Labute approximate surface area is 174 Å². The number of benzene rings is 2. The predicted molar refractivity (Wildman–Crippen MR) is 111 cm³/mol. The number of aryl methyl sites for hydroxylation is 1. The summed E-state index contributed by atoms with van der Waals surface area (Å²) in [7, 11) is 3.50. The third-order valence-corrected chi connectivity index (χ3v) is 5.09. The first-order chi connectivity index (χ1) is 14.6. The molecule has 0 spiro atoms. The number of amides is 2. The maximum Gasteiger partial charge on any atom is 0.316 e. The lowest BCUT2D eigenvalue weighted by Crippen LogP contribution is -2.40. The minimum absolute atomic E-state index is 0.214. The monoisotopic (exact) mass is 408 g/mol. The van der Waals surface area contributed by atoms with E-state index in [1.165, 1.54) is 0 Å². The van der Waals surface area contributed by atoms with Crippen molar-refractivity contribution in [1.29, 1.82) is 0 Å². The van der Waals surface area contributed by atoms with E-state index in [2.05, 4.69) is 15.6 Å². The van der Waals surface area contributed by atoms with Crippen LogP contribution >= 0.6 is 0 Å². The van der Waals surface area contributed by atoms with E-state index >= 15 is 0 Å². The molecule has 0 aliphatic carbocycles. The summed E-state index contributed by atoms with van der Waals surface area (Å²) >= 11 is 0. The third-order valence-electron chi connectivity index (χ3n) is 5.09. The molecule has 1 aliphatic rings. The van der Waals surface area contributed by atoms with Gasteiger partial charge in [-0.3, -0.25) is 0 Å². The molecule has 0 bridgehead atoms. The van der Waals surface area contributed by atoms with Crippen LogP contribution in [0.3, 0.4) is 0 Å². The van der Waals surface area contributed by atoms with Crippen molar-refractivity contribution in [3.63, 3.8) is 0 Å². The van der Waals surface area contributed by atoms with Crippen LogP contribution in [0.4, 0.5) is 4.79 Å². The molecule has 2 N–H and O–H groups in total. The number of hydrogen-bond donors (Lipinski definition) is 2. The minimum Gasteiger partial charge on any atom is -0.496 e. The first kappa shape index (κ1) is 19.6. The zero-order valence-corrected chi connectivity index (χ0v) is 17.1. The molecule has 2 heterocycles. The van der Waals surface area contributed by atoms with Crippen molar-refractivity contribution < 1.29 is 19.0 Å². The van der Waals surface area contributed by atoms with Crippen LogP contribution in [0, 0.1) is 0 Å². The maximum atomic E-state index is 12.9. The van der Waals surface area contributed by atoms with Crippen LogP contribution in [0.15, 0.2) is 54.9 Å². The quantitative estimate of drug-likeness (QED) is 0.654. The van der Waals surface area contributed by atoms with Crippen LogP contribution in [-0.2, 0) is 7.05 Å². The number of urea groups is 1. The van der Waals surface area contributed by atoms with Gasteiger partial charge in [-0.15, -0.1) is 0 Å². The average molecular weight is 408 g/mol. The zero-order valence-electron chi connectivity index (χ0n) is 17.1. The number of imidazole rings is 1. The van der Waals surface area contributed by atoms with Gasteiger partial charge in [-0.05, 0) is 30.7 Å². The van der Waals surface area contributed by atoms with Crippen LogP contribution in [0.5, 0.6) is 17.2 Å². The van der Waals surface area contributed by atoms with E-state index < -0.39 is 6.04 Å². The highest BCUT2D eigenvalue weighted by Gasteiger charge is 2.25. The summed E-state index contributed by atoms with van der Waals surface area (Å²) in [5.41, 5.74) is 1.74. The Morgan fingerprint density at radius 2 is 1.97 bits per heavy atom. The number of rotatable bonds is 6. The smallest absolute Gasteiger partial charge is 0.316 e. The second-order valence-electron chi connectivity index (χ2n) is 7.02. The lowest BCUT2D eigenvalue weighted by Gasteiger charge is -2.23. The van der Waals surface area contributed by atoms with Crippen LogP contribution < -0.4 is 24.8 Å². The van der Waals surface area contributed by atoms with Gasteiger partial charge in [0.2, 0.25) is 6.79 Å². The zero-order chi connectivity index (χ0) is 21.1. The van der Waals surface area contributed by atoms with Crippen molar-refractivity contribution in [3.05, 3.63) is 71.8 Å². The fourth-order valence-corrected chi connectivity index (χ4v) is 3.48. The van der Waals surface area contributed by atoms with Crippen LogP contribution in [-0.4, -0.2) is 29.5 Å². The van der Waals surface area contributed by atoms with Crippen molar-refractivity contribution in [2.45, 2.75) is 19.0 Å². The van der Waals surface area contributed by atoms with Crippen molar-refractivity contribution in [2.24, 2.45) is 7.05 Å². The van der Waals surface area contributed by atoms with Gasteiger partial charge in [-0.1, -0.05) is 24.3 Å². The van der Waals surface area contributed by atoms with Gasteiger partial charge in [-0.25, -0.2) is 9.78 Å². The van der Waals surface area contributed by atoms with Gasteiger partial charge in [0.25, 0.3) is 0 Å². The van der Waals surface area contributed by atoms with Crippen molar-refractivity contribution in [2.75, 3.05) is 13.9 Å². The number of para-hydroxylation sites is 1. The minimum atomic E-state index is -0.481. The lowest BCUT2D eigenvalue weighted by atomic mass is 10.0. The number of fused-ring (bicyclic) bond motifs is 1. The van der Waals surface area contributed by atoms with Gasteiger partial charge in [0.1, 0.15) is 17.6 Å². The Bertz CT molecular complexity index is 1050. The molecule has 0 unspecified atom stereocenters. The molecule has 1 aromatic heterocycles. The van der Waals surface area contributed by atoms with Gasteiger partial charge < -0.3 is 29.4 Å². The van der Waals surface area contributed by atoms with E-state index in [1.807, 2.05) is 67.2 Å². The molecule has 3 aromatic rings. The van der Waals surface area contributed by atoms with E-state index in [1.54, 1.807) is 13.3 Å². The number of methoxy groups -OCH3 is 1. The molecule has 2 amide bonds. The Morgan fingerprint density at radius 1 is 1.17 bits per heavy atom. The van der Waals surface area contributed by atoms with Gasteiger partial charge in [0.05, 0.1) is 13.2 Å². The van der Waals surface area contributed by atoms with E-state index in [-0.39, 0.29) is 18.9 Å². The summed E-state index contributed by atoms with van der Waals surface area (Å²) in [5.74, 6) is 2.77. The van der Waals surface area contributed by atoms with Gasteiger partial charge in [-0.2, -0.15) is 0 Å². The Balaban J connectivity index is 1.54. The first-order valence-electron chi connectivity index (χ1n) is 9.63. The second kappa shape index (κ2) is 8.36. The number of carbonyl (C=O) groups excluding carboxylic acids is 1. The summed E-state index contributed by atoms with van der Waals surface area (Å²) in [6.45, 7) is 2.13. The molecule has 0 radical (unpaired) electrons. The van der Waals surface area contributed by atoms with Crippen molar-refractivity contribution in [1.82, 2.24) is 20.2 Å². The lowest BCUT2D eigenvalue weighted by molar-refractivity contribution is 0.174. The first-order valence-corrected chi connectivity index (χ1v) is 9.63. The molecule has 1 aliphatic heterocycles. The molecule has 0 fully saturated rings. The molecule has 156 valence electrons. The van der Waals surface area contributed by atoms with E-state index in [4.69, 9.17) is 14.2 Å². The summed E-state index contributed by atoms with van der Waals surface area (Å²) in [6, 6.07) is 12.2. The number of hydrogen-bond acceptors (Lipinski definition) is 5. The fourth-order valence-electron chi connectivity index (χ4n) is 3.48. The number of ether oxygens (including phenoxy) is 3. The number of nitrogens with zero attached hydrogens (tertiary/aromatic N) is 2. The Hall–Kier alpha value is -3.68. The highest BCUT2D eigenvalue weighted by atomic mass is 16.7. The van der Waals surface area contributed by atoms with Crippen molar-refractivity contribution in [3.8, 4) is 17.2 Å².